The predicted octanol–water partition coefficient (Wildman–Crippen LogP) is 2.72. The fraction of sp³-hybridized carbons (Fsp3) is 0.538. The van der Waals surface area contributed by atoms with Crippen molar-refractivity contribution < 1.29 is 13.5 Å². The van der Waals surface area contributed by atoms with E-state index in [1.807, 2.05) is 0 Å². The Bertz CT molecular complexity index is 534. The zero-order chi connectivity index (χ0) is 13.2. The van der Waals surface area contributed by atoms with Crippen LogP contribution in [0.15, 0.2) is 22.4 Å². The van der Waals surface area contributed by atoms with Crippen molar-refractivity contribution in [1.29, 1.82) is 0 Å². The zero-order valence-electron chi connectivity index (χ0n) is 10.4. The minimum atomic E-state index is -3.15. The van der Waals surface area contributed by atoms with Gasteiger partial charge in [-0.3, -0.25) is 0 Å². The Balaban J connectivity index is 2.25. The predicted molar refractivity (Wildman–Crippen MR) is 74.4 cm³/mol. The molecule has 0 aromatic carbocycles. The smallest absolute Gasteiger partial charge is 0.176 e. The molecular formula is C13H18O3S2. The standard InChI is InChI=1S/C13H18O3S2/c1-18(15,16)12-7-13(17-9-12)11(8-14)6-10-4-2-3-5-10/h6-7,9-10,14H,2-5,8H2,1H3. The van der Waals surface area contributed by atoms with Crippen LogP contribution in [0.5, 0.6) is 0 Å². The van der Waals surface area contributed by atoms with E-state index < -0.39 is 9.84 Å². The molecule has 1 aliphatic carbocycles. The average molecular weight is 286 g/mol. The summed E-state index contributed by atoms with van der Waals surface area (Å²) in [6, 6.07) is 1.66. The van der Waals surface area contributed by atoms with Gasteiger partial charge in [-0.2, -0.15) is 0 Å². The van der Waals surface area contributed by atoms with Gasteiger partial charge in [-0.1, -0.05) is 18.9 Å². The molecule has 1 N–H and O–H groups in total. The Morgan fingerprint density at radius 1 is 1.50 bits per heavy atom. The lowest BCUT2D eigenvalue weighted by molar-refractivity contribution is 0.349. The van der Waals surface area contributed by atoms with Crippen molar-refractivity contribution in [2.75, 3.05) is 12.9 Å². The third-order valence-corrected chi connectivity index (χ3v) is 5.57. The lowest BCUT2D eigenvalue weighted by atomic mass is 10.0. The van der Waals surface area contributed by atoms with Gasteiger partial charge in [-0.15, -0.1) is 11.3 Å². The molecule has 1 saturated carbocycles. The van der Waals surface area contributed by atoms with Gasteiger partial charge < -0.3 is 5.11 Å². The van der Waals surface area contributed by atoms with Gasteiger partial charge in [0.2, 0.25) is 0 Å². The van der Waals surface area contributed by atoms with Crippen molar-refractivity contribution >= 4 is 26.7 Å². The van der Waals surface area contributed by atoms with E-state index in [4.69, 9.17) is 0 Å². The highest BCUT2D eigenvalue weighted by molar-refractivity contribution is 7.90. The molecular weight excluding hydrogens is 268 g/mol. The lowest BCUT2D eigenvalue weighted by Crippen LogP contribution is -1.96. The van der Waals surface area contributed by atoms with E-state index in [0.29, 0.717) is 10.8 Å². The number of aliphatic hydroxyl groups excluding tert-OH is 1. The van der Waals surface area contributed by atoms with Crippen LogP contribution in [0.2, 0.25) is 0 Å². The summed E-state index contributed by atoms with van der Waals surface area (Å²) in [5, 5.41) is 11.1. The molecule has 0 aliphatic heterocycles. The van der Waals surface area contributed by atoms with Gasteiger partial charge in [0.05, 0.1) is 11.5 Å². The maximum Gasteiger partial charge on any atom is 0.176 e. The highest BCUT2D eigenvalue weighted by Gasteiger charge is 2.16. The van der Waals surface area contributed by atoms with Crippen molar-refractivity contribution in [3.05, 3.63) is 22.4 Å². The van der Waals surface area contributed by atoms with Crippen LogP contribution < -0.4 is 0 Å². The van der Waals surface area contributed by atoms with E-state index in [1.165, 1.54) is 43.3 Å². The summed E-state index contributed by atoms with van der Waals surface area (Å²) >= 11 is 1.39. The monoisotopic (exact) mass is 286 g/mol. The van der Waals surface area contributed by atoms with Crippen LogP contribution in [-0.2, 0) is 9.84 Å². The number of allylic oxidation sites excluding steroid dienone is 1. The van der Waals surface area contributed by atoms with Crippen LogP contribution in [-0.4, -0.2) is 26.4 Å². The summed E-state index contributed by atoms with van der Waals surface area (Å²) in [6.45, 7) is -0.0276. The number of hydrogen-bond donors (Lipinski definition) is 1. The molecule has 0 spiro atoms. The second-order valence-corrected chi connectivity index (χ2v) is 7.74. The second kappa shape index (κ2) is 5.55. The third kappa shape index (κ3) is 3.22. The molecule has 0 radical (unpaired) electrons. The molecule has 1 aliphatic rings. The Hall–Kier alpha value is -0.650. The van der Waals surface area contributed by atoms with E-state index in [0.717, 1.165) is 10.5 Å². The normalized spacial score (nSPS) is 18.4. The van der Waals surface area contributed by atoms with Crippen molar-refractivity contribution in [3.63, 3.8) is 0 Å². The van der Waals surface area contributed by atoms with Crippen molar-refractivity contribution in [2.24, 2.45) is 5.92 Å². The highest BCUT2D eigenvalue weighted by atomic mass is 32.2. The largest absolute Gasteiger partial charge is 0.392 e. The van der Waals surface area contributed by atoms with Gasteiger partial charge in [0, 0.05) is 16.5 Å². The quantitative estimate of drug-likeness (QED) is 0.926. The fourth-order valence-corrected chi connectivity index (χ4v) is 4.34. The van der Waals surface area contributed by atoms with E-state index >= 15 is 0 Å². The Morgan fingerprint density at radius 3 is 2.67 bits per heavy atom. The summed E-state index contributed by atoms with van der Waals surface area (Å²) in [5.74, 6) is 0.538. The van der Waals surface area contributed by atoms with Crippen LogP contribution in [0.25, 0.3) is 5.57 Å². The molecule has 2 rings (SSSR count). The van der Waals surface area contributed by atoms with Crippen LogP contribution >= 0.6 is 11.3 Å². The number of hydrogen-bond acceptors (Lipinski definition) is 4. The maximum atomic E-state index is 11.4. The zero-order valence-corrected chi connectivity index (χ0v) is 12.1. The average Bonchev–Trinajstić information content (AvgIpc) is 2.95. The topological polar surface area (TPSA) is 54.4 Å². The lowest BCUT2D eigenvalue weighted by Gasteiger charge is -2.06. The molecule has 0 atom stereocenters. The molecule has 1 aromatic heterocycles. The van der Waals surface area contributed by atoms with Crippen molar-refractivity contribution in [3.8, 4) is 0 Å². The number of aliphatic hydroxyl groups is 1. The highest BCUT2D eigenvalue weighted by Crippen LogP contribution is 2.31. The van der Waals surface area contributed by atoms with Crippen LogP contribution in [0.4, 0.5) is 0 Å². The van der Waals surface area contributed by atoms with E-state index in [-0.39, 0.29) is 6.61 Å². The van der Waals surface area contributed by atoms with Gasteiger partial charge in [-0.05, 0) is 30.4 Å². The molecule has 0 bridgehead atoms. The summed E-state index contributed by atoms with van der Waals surface area (Å²) in [5.41, 5.74) is 0.863. The first kappa shape index (κ1) is 13.8. The first-order valence-electron chi connectivity index (χ1n) is 6.11. The Kier molecular flexibility index (Phi) is 4.25. The van der Waals surface area contributed by atoms with Gasteiger partial charge in [0.1, 0.15) is 0 Å². The summed E-state index contributed by atoms with van der Waals surface area (Å²) in [6.07, 6.45) is 8.17. The number of thiophene rings is 1. The van der Waals surface area contributed by atoms with E-state index in [1.54, 1.807) is 11.4 Å². The molecule has 0 unspecified atom stereocenters. The molecule has 0 amide bonds. The third-order valence-electron chi connectivity index (χ3n) is 3.33. The van der Waals surface area contributed by atoms with E-state index in [2.05, 4.69) is 6.08 Å². The second-order valence-electron chi connectivity index (χ2n) is 4.81. The molecule has 5 heteroatoms. The van der Waals surface area contributed by atoms with Crippen molar-refractivity contribution in [1.82, 2.24) is 0 Å². The van der Waals surface area contributed by atoms with E-state index in [9.17, 15) is 13.5 Å². The minimum absolute atomic E-state index is 0.0276. The minimum Gasteiger partial charge on any atom is -0.392 e. The summed E-state index contributed by atoms with van der Waals surface area (Å²) < 4.78 is 22.9. The molecule has 1 fully saturated rings. The Labute approximate surface area is 112 Å². The number of rotatable bonds is 4. The molecule has 1 heterocycles. The first-order chi connectivity index (χ1) is 8.50. The van der Waals surface area contributed by atoms with Crippen molar-refractivity contribution in [2.45, 2.75) is 30.6 Å². The van der Waals surface area contributed by atoms with Gasteiger partial charge in [0.25, 0.3) is 0 Å². The molecule has 18 heavy (non-hydrogen) atoms. The SMILES string of the molecule is CS(=O)(=O)c1csc(C(=CC2CCCC2)CO)c1. The maximum absolute atomic E-state index is 11.4. The molecule has 100 valence electrons. The van der Waals surface area contributed by atoms with Crippen LogP contribution in [0.3, 0.4) is 0 Å². The molecule has 1 aromatic rings. The van der Waals surface area contributed by atoms with Gasteiger partial charge >= 0.3 is 0 Å². The van der Waals surface area contributed by atoms with Gasteiger partial charge in [-0.25, -0.2) is 8.42 Å². The number of sulfone groups is 1. The molecule has 0 saturated heterocycles. The summed E-state index contributed by atoms with van der Waals surface area (Å²) in [7, 11) is -3.15. The molecule has 3 nitrogen and oxygen atoms in total. The van der Waals surface area contributed by atoms with Gasteiger partial charge in [0.15, 0.2) is 9.84 Å². The first-order valence-corrected chi connectivity index (χ1v) is 8.88. The Morgan fingerprint density at radius 2 is 2.17 bits per heavy atom. The van der Waals surface area contributed by atoms with Crippen LogP contribution in [0, 0.1) is 5.92 Å². The fourth-order valence-electron chi connectivity index (χ4n) is 2.30. The summed E-state index contributed by atoms with van der Waals surface area (Å²) in [4.78, 5) is 1.21. The van der Waals surface area contributed by atoms with Crippen LogP contribution in [0.1, 0.15) is 30.6 Å².